The van der Waals surface area contributed by atoms with E-state index < -0.39 is 16.1 Å². The van der Waals surface area contributed by atoms with Gasteiger partial charge in [-0.1, -0.05) is 75.7 Å². The SMILES string of the molecule is CC(C)(C)c1ccc2c(c1)N(S(=O)(=O)c1ccccc1)CC(C(=O)NCc1ccc(CN3CCCCC3)cc1)O2. The Bertz CT molecular complexity index is 1430. The van der Waals surface area contributed by atoms with Crippen LogP contribution in [0.5, 0.6) is 5.75 Å². The Kier molecular flexibility index (Phi) is 8.19. The summed E-state index contributed by atoms with van der Waals surface area (Å²) in [4.78, 5) is 15.9. The summed E-state index contributed by atoms with van der Waals surface area (Å²) in [6, 6.07) is 22.2. The molecule has 3 aromatic carbocycles. The average molecular weight is 562 g/mol. The Morgan fingerprint density at radius 3 is 2.27 bits per heavy atom. The second-order valence-electron chi connectivity index (χ2n) is 11.8. The number of amides is 1. The Morgan fingerprint density at radius 1 is 0.925 bits per heavy atom. The molecule has 212 valence electrons. The summed E-state index contributed by atoms with van der Waals surface area (Å²) in [5.74, 6) is 0.0252. The van der Waals surface area contributed by atoms with E-state index in [9.17, 15) is 13.2 Å². The van der Waals surface area contributed by atoms with Crippen LogP contribution in [0, 0.1) is 0 Å². The molecular formula is C32H39N3O4S. The summed E-state index contributed by atoms with van der Waals surface area (Å²) < 4.78 is 34.9. The standard InChI is InChI=1S/C32H39N3O4S/c1-32(2,3)26-16-17-29-28(20-26)35(40(37,38)27-10-6-4-7-11-27)23-30(39-29)31(36)33-21-24-12-14-25(15-13-24)22-34-18-8-5-9-19-34/h4,6-7,10-17,20,30H,5,8-9,18-19,21-23H2,1-3H3,(H,33,36). The van der Waals surface area contributed by atoms with Crippen molar-refractivity contribution in [2.24, 2.45) is 0 Å². The first-order valence-electron chi connectivity index (χ1n) is 14.1. The minimum Gasteiger partial charge on any atom is -0.476 e. The van der Waals surface area contributed by atoms with E-state index in [0.717, 1.165) is 30.8 Å². The number of anilines is 1. The van der Waals surface area contributed by atoms with Crippen LogP contribution in [0.1, 0.15) is 56.7 Å². The van der Waals surface area contributed by atoms with Gasteiger partial charge in [0.2, 0.25) is 0 Å². The summed E-state index contributed by atoms with van der Waals surface area (Å²) in [6.45, 7) is 9.70. The average Bonchev–Trinajstić information content (AvgIpc) is 2.96. The lowest BCUT2D eigenvalue weighted by Crippen LogP contribution is -2.50. The van der Waals surface area contributed by atoms with Crippen molar-refractivity contribution in [3.8, 4) is 5.75 Å². The number of nitrogens with one attached hydrogen (secondary N) is 1. The number of carbonyl (C=O) groups excluding carboxylic acids is 1. The number of nitrogens with zero attached hydrogens (tertiary/aromatic N) is 2. The van der Waals surface area contributed by atoms with Gasteiger partial charge in [0.15, 0.2) is 6.10 Å². The van der Waals surface area contributed by atoms with Crippen LogP contribution in [0.25, 0.3) is 0 Å². The van der Waals surface area contributed by atoms with Gasteiger partial charge >= 0.3 is 0 Å². The summed E-state index contributed by atoms with van der Waals surface area (Å²) in [5.41, 5.74) is 3.49. The third-order valence-electron chi connectivity index (χ3n) is 7.66. The van der Waals surface area contributed by atoms with Crippen molar-refractivity contribution in [3.05, 3.63) is 89.5 Å². The number of carbonyl (C=O) groups is 1. The summed E-state index contributed by atoms with van der Waals surface area (Å²) in [7, 11) is -3.92. The van der Waals surface area contributed by atoms with Gasteiger partial charge < -0.3 is 10.1 Å². The number of ether oxygens (including phenoxy) is 1. The molecule has 8 heteroatoms. The fourth-order valence-corrected chi connectivity index (χ4v) is 6.73. The van der Waals surface area contributed by atoms with Crippen molar-refractivity contribution in [2.75, 3.05) is 23.9 Å². The Hall–Kier alpha value is -3.36. The largest absolute Gasteiger partial charge is 0.476 e. The van der Waals surface area contributed by atoms with Crippen LogP contribution in [-0.2, 0) is 33.3 Å². The van der Waals surface area contributed by atoms with Gasteiger partial charge in [-0.2, -0.15) is 0 Å². The monoisotopic (exact) mass is 561 g/mol. The highest BCUT2D eigenvalue weighted by atomic mass is 32.2. The van der Waals surface area contributed by atoms with E-state index in [0.29, 0.717) is 18.0 Å². The van der Waals surface area contributed by atoms with E-state index in [2.05, 4.69) is 43.1 Å². The first kappa shape index (κ1) is 28.2. The maximum absolute atomic E-state index is 13.8. The van der Waals surface area contributed by atoms with E-state index >= 15 is 0 Å². The van der Waals surface area contributed by atoms with Crippen molar-refractivity contribution in [1.29, 1.82) is 0 Å². The highest BCUT2D eigenvalue weighted by Gasteiger charge is 2.38. The zero-order valence-electron chi connectivity index (χ0n) is 23.6. The molecule has 40 heavy (non-hydrogen) atoms. The lowest BCUT2D eigenvalue weighted by atomic mass is 9.86. The molecule has 1 N–H and O–H groups in total. The van der Waals surface area contributed by atoms with Crippen molar-refractivity contribution < 1.29 is 17.9 Å². The fourth-order valence-electron chi connectivity index (χ4n) is 5.24. The summed E-state index contributed by atoms with van der Waals surface area (Å²) in [5, 5.41) is 2.95. The van der Waals surface area contributed by atoms with Crippen molar-refractivity contribution in [2.45, 2.75) is 69.5 Å². The first-order chi connectivity index (χ1) is 19.1. The first-order valence-corrected chi connectivity index (χ1v) is 15.5. The molecule has 2 aliphatic heterocycles. The number of fused-ring (bicyclic) bond motifs is 1. The van der Waals surface area contributed by atoms with E-state index in [4.69, 9.17) is 4.74 Å². The zero-order chi connectivity index (χ0) is 28.3. The third kappa shape index (κ3) is 6.34. The topological polar surface area (TPSA) is 79.0 Å². The number of hydrogen-bond donors (Lipinski definition) is 1. The van der Waals surface area contributed by atoms with Crippen LogP contribution >= 0.6 is 0 Å². The van der Waals surface area contributed by atoms with Gasteiger partial charge in [-0.05, 0) is 72.3 Å². The normalized spacial score (nSPS) is 18.1. The molecule has 5 rings (SSSR count). The second-order valence-corrected chi connectivity index (χ2v) is 13.6. The molecular weight excluding hydrogens is 522 g/mol. The quantitative estimate of drug-likeness (QED) is 0.427. The van der Waals surface area contributed by atoms with Gasteiger partial charge in [-0.3, -0.25) is 14.0 Å². The fraction of sp³-hybridized carbons (Fsp3) is 0.406. The van der Waals surface area contributed by atoms with Gasteiger partial charge in [0.1, 0.15) is 5.75 Å². The maximum atomic E-state index is 13.8. The minimum absolute atomic E-state index is 0.113. The molecule has 1 saturated heterocycles. The molecule has 0 aliphatic carbocycles. The van der Waals surface area contributed by atoms with E-state index in [1.807, 2.05) is 24.3 Å². The molecule has 3 aromatic rings. The summed E-state index contributed by atoms with van der Waals surface area (Å²) >= 11 is 0. The molecule has 1 fully saturated rings. The Morgan fingerprint density at radius 2 is 1.60 bits per heavy atom. The van der Waals surface area contributed by atoms with Gasteiger partial charge in [-0.25, -0.2) is 8.42 Å². The number of rotatable bonds is 7. The molecule has 1 amide bonds. The number of sulfonamides is 1. The molecule has 1 unspecified atom stereocenters. The number of likely N-dealkylation sites (tertiary alicyclic amines) is 1. The van der Waals surface area contributed by atoms with Crippen molar-refractivity contribution in [1.82, 2.24) is 10.2 Å². The smallest absolute Gasteiger partial charge is 0.264 e. The van der Waals surface area contributed by atoms with E-state index in [1.165, 1.54) is 29.1 Å². The molecule has 0 radical (unpaired) electrons. The van der Waals surface area contributed by atoms with Crippen LogP contribution < -0.4 is 14.4 Å². The molecule has 0 bridgehead atoms. The van der Waals surface area contributed by atoms with Crippen LogP contribution in [0.2, 0.25) is 0 Å². The molecule has 0 aromatic heterocycles. The number of piperidine rings is 1. The predicted molar refractivity (Wildman–Crippen MR) is 158 cm³/mol. The predicted octanol–water partition coefficient (Wildman–Crippen LogP) is 5.24. The number of hydrogen-bond acceptors (Lipinski definition) is 5. The maximum Gasteiger partial charge on any atom is 0.264 e. The lowest BCUT2D eigenvalue weighted by Gasteiger charge is -2.36. The van der Waals surface area contributed by atoms with Crippen molar-refractivity contribution >= 4 is 21.6 Å². The molecule has 2 aliphatic rings. The highest BCUT2D eigenvalue weighted by Crippen LogP contribution is 2.40. The van der Waals surface area contributed by atoms with Crippen LogP contribution in [0.3, 0.4) is 0 Å². The van der Waals surface area contributed by atoms with Crippen molar-refractivity contribution in [3.63, 3.8) is 0 Å². The Labute approximate surface area is 238 Å². The van der Waals surface area contributed by atoms with Crippen LogP contribution in [-0.4, -0.2) is 45.0 Å². The molecule has 0 spiro atoms. The van der Waals surface area contributed by atoms with Gasteiger partial charge in [0.05, 0.1) is 17.1 Å². The third-order valence-corrected chi connectivity index (χ3v) is 9.46. The molecule has 1 atom stereocenters. The minimum atomic E-state index is -3.92. The Balaban J connectivity index is 1.32. The molecule has 2 heterocycles. The van der Waals surface area contributed by atoms with E-state index in [1.54, 1.807) is 36.4 Å². The van der Waals surface area contributed by atoms with Crippen LogP contribution in [0.15, 0.2) is 77.7 Å². The number of benzene rings is 3. The van der Waals surface area contributed by atoms with Gasteiger partial charge in [0, 0.05) is 13.1 Å². The van der Waals surface area contributed by atoms with Gasteiger partial charge in [0.25, 0.3) is 15.9 Å². The van der Waals surface area contributed by atoms with Crippen LogP contribution in [0.4, 0.5) is 5.69 Å². The zero-order valence-corrected chi connectivity index (χ0v) is 24.4. The van der Waals surface area contributed by atoms with E-state index in [-0.39, 0.29) is 22.8 Å². The highest BCUT2D eigenvalue weighted by molar-refractivity contribution is 7.92. The summed E-state index contributed by atoms with van der Waals surface area (Å²) in [6.07, 6.45) is 2.86. The molecule has 7 nitrogen and oxygen atoms in total. The second kappa shape index (κ2) is 11.6. The lowest BCUT2D eigenvalue weighted by molar-refractivity contribution is -0.127. The molecule has 0 saturated carbocycles. The van der Waals surface area contributed by atoms with Gasteiger partial charge in [-0.15, -0.1) is 0 Å².